The topological polar surface area (TPSA) is 38.7 Å². The van der Waals surface area contributed by atoms with Crippen LogP contribution < -0.4 is 4.74 Å². The molecule has 5 heteroatoms. The number of aliphatic hydroxyl groups is 1. The fourth-order valence-electron chi connectivity index (χ4n) is 1.03. The molecule has 0 aliphatic carbocycles. The number of ether oxygens (including phenoxy) is 2. The molecule has 1 N–H and O–H groups in total. The summed E-state index contributed by atoms with van der Waals surface area (Å²) in [6, 6.07) is 6.84. The zero-order chi connectivity index (χ0) is 11.3. The Hall–Kier alpha value is -0.480. The Labute approximate surface area is 98.5 Å². The van der Waals surface area contributed by atoms with Gasteiger partial charge in [-0.15, -0.1) is 23.2 Å². The van der Waals surface area contributed by atoms with Gasteiger partial charge >= 0.3 is 0 Å². The van der Waals surface area contributed by atoms with Crippen LogP contribution in [0.5, 0.6) is 5.75 Å². The first-order chi connectivity index (χ1) is 7.15. The van der Waals surface area contributed by atoms with Crippen LogP contribution in [0.2, 0.25) is 0 Å². The van der Waals surface area contributed by atoms with E-state index in [9.17, 15) is 5.11 Å². The van der Waals surface area contributed by atoms with Gasteiger partial charge in [-0.3, -0.25) is 0 Å². The summed E-state index contributed by atoms with van der Waals surface area (Å²) in [6.07, 6.45) is -0.884. The van der Waals surface area contributed by atoms with Gasteiger partial charge in [-0.25, -0.2) is 0 Å². The highest BCUT2D eigenvalue weighted by Gasteiger charge is 2.15. The molecule has 0 aliphatic rings. The van der Waals surface area contributed by atoms with E-state index in [2.05, 4.69) is 0 Å². The first-order valence-corrected chi connectivity index (χ1v) is 5.20. The highest BCUT2D eigenvalue weighted by atomic mass is 35.5. The molecule has 0 bridgehead atoms. The predicted octanol–water partition coefficient (Wildman–Crippen LogP) is 2.51. The third kappa shape index (κ3) is 3.87. The van der Waals surface area contributed by atoms with E-state index < -0.39 is 10.9 Å². The number of hydrogen-bond donors (Lipinski definition) is 1. The van der Waals surface area contributed by atoms with E-state index in [1.54, 1.807) is 31.4 Å². The summed E-state index contributed by atoms with van der Waals surface area (Å²) in [7, 11) is 1.55. The fourth-order valence-corrected chi connectivity index (χ4v) is 1.32. The molecule has 0 saturated carbocycles. The lowest BCUT2D eigenvalue weighted by molar-refractivity contribution is 0.0511. The lowest BCUT2D eigenvalue weighted by Crippen LogP contribution is -2.06. The fraction of sp³-hybridized carbons (Fsp3) is 0.400. The van der Waals surface area contributed by atoms with Crippen LogP contribution in [0, 0.1) is 0 Å². The Morgan fingerprint density at radius 3 is 2.33 bits per heavy atom. The molecule has 0 heterocycles. The van der Waals surface area contributed by atoms with Crippen LogP contribution in [-0.2, 0) is 4.74 Å². The van der Waals surface area contributed by atoms with Crippen molar-refractivity contribution in [3.8, 4) is 5.75 Å². The summed E-state index contributed by atoms with van der Waals surface area (Å²) in [5, 5.41) is 9.54. The first kappa shape index (κ1) is 12.6. The molecule has 84 valence electrons. The largest absolute Gasteiger partial charge is 0.468 e. The van der Waals surface area contributed by atoms with Crippen molar-refractivity contribution in [1.82, 2.24) is 0 Å². The Balaban J connectivity index is 2.63. The molecule has 3 nitrogen and oxygen atoms in total. The van der Waals surface area contributed by atoms with Gasteiger partial charge in [0, 0.05) is 7.11 Å². The first-order valence-electron chi connectivity index (χ1n) is 4.33. The zero-order valence-corrected chi connectivity index (χ0v) is 9.70. The molecule has 1 unspecified atom stereocenters. The quantitative estimate of drug-likeness (QED) is 0.645. The molecule has 1 atom stereocenters. The number of aliphatic hydroxyl groups excluding tert-OH is 1. The van der Waals surface area contributed by atoms with Crippen LogP contribution in [0.15, 0.2) is 24.3 Å². The molecule has 1 aromatic rings. The van der Waals surface area contributed by atoms with Crippen molar-refractivity contribution in [3.63, 3.8) is 0 Å². The van der Waals surface area contributed by atoms with Crippen molar-refractivity contribution >= 4 is 23.2 Å². The van der Waals surface area contributed by atoms with Crippen LogP contribution in [0.1, 0.15) is 11.7 Å². The van der Waals surface area contributed by atoms with Crippen molar-refractivity contribution < 1.29 is 14.6 Å². The highest BCUT2D eigenvalue weighted by Crippen LogP contribution is 2.25. The van der Waals surface area contributed by atoms with Gasteiger partial charge < -0.3 is 14.6 Å². The molecule has 0 fully saturated rings. The number of halogens is 2. The molecule has 0 aliphatic heterocycles. The second-order valence-electron chi connectivity index (χ2n) is 2.90. The van der Waals surface area contributed by atoms with E-state index in [0.717, 1.165) is 0 Å². The monoisotopic (exact) mass is 250 g/mol. The average Bonchev–Trinajstić information content (AvgIpc) is 2.26. The predicted molar refractivity (Wildman–Crippen MR) is 59.4 cm³/mol. The van der Waals surface area contributed by atoms with Crippen molar-refractivity contribution in [2.75, 3.05) is 13.9 Å². The van der Waals surface area contributed by atoms with Crippen LogP contribution in [0.3, 0.4) is 0 Å². The molecule has 15 heavy (non-hydrogen) atoms. The molecule has 0 amide bonds. The van der Waals surface area contributed by atoms with Crippen molar-refractivity contribution in [1.29, 1.82) is 0 Å². The van der Waals surface area contributed by atoms with Gasteiger partial charge in [0.25, 0.3) is 0 Å². The van der Waals surface area contributed by atoms with Crippen LogP contribution in [-0.4, -0.2) is 23.8 Å². The van der Waals surface area contributed by atoms with Crippen LogP contribution in [0.25, 0.3) is 0 Å². The lowest BCUT2D eigenvalue weighted by atomic mass is 10.1. The molecule has 0 radical (unpaired) electrons. The summed E-state index contributed by atoms with van der Waals surface area (Å²) in [4.78, 5) is -0.837. The van der Waals surface area contributed by atoms with Gasteiger partial charge in [0.15, 0.2) is 6.79 Å². The minimum atomic E-state index is -0.884. The third-order valence-electron chi connectivity index (χ3n) is 1.80. The Morgan fingerprint density at radius 2 is 1.87 bits per heavy atom. The maximum Gasteiger partial charge on any atom is 0.188 e. The maximum atomic E-state index is 9.54. The molecule has 0 aromatic heterocycles. The van der Waals surface area contributed by atoms with Gasteiger partial charge in [-0.05, 0) is 17.7 Å². The Morgan fingerprint density at radius 1 is 1.27 bits per heavy atom. The number of benzene rings is 1. The minimum absolute atomic E-state index is 0.190. The summed E-state index contributed by atoms with van der Waals surface area (Å²) in [5.41, 5.74) is 0.648. The summed E-state index contributed by atoms with van der Waals surface area (Å²) in [6.45, 7) is 0.190. The van der Waals surface area contributed by atoms with Gasteiger partial charge in [-0.2, -0.15) is 0 Å². The van der Waals surface area contributed by atoms with E-state index >= 15 is 0 Å². The SMILES string of the molecule is COCOc1ccc(C(O)C(Cl)Cl)cc1. The number of rotatable bonds is 5. The highest BCUT2D eigenvalue weighted by molar-refractivity contribution is 6.44. The third-order valence-corrected chi connectivity index (χ3v) is 2.28. The Kier molecular flexibility index (Phi) is 5.19. The van der Waals surface area contributed by atoms with E-state index in [0.29, 0.717) is 11.3 Å². The summed E-state index contributed by atoms with van der Waals surface area (Å²) >= 11 is 11.1. The molecule has 0 saturated heterocycles. The standard InChI is InChI=1S/C10H12Cl2O3/c1-14-6-15-8-4-2-7(3-5-8)9(13)10(11)12/h2-5,9-10,13H,6H2,1H3. The second-order valence-corrected chi connectivity index (χ2v) is 4.06. The van der Waals surface area contributed by atoms with E-state index in [-0.39, 0.29) is 6.79 Å². The molecule has 0 spiro atoms. The molecular weight excluding hydrogens is 239 g/mol. The number of methoxy groups -OCH3 is 1. The van der Waals surface area contributed by atoms with Gasteiger partial charge in [-0.1, -0.05) is 12.1 Å². The van der Waals surface area contributed by atoms with Gasteiger partial charge in [0.1, 0.15) is 16.7 Å². The van der Waals surface area contributed by atoms with Crippen LogP contribution in [0.4, 0.5) is 0 Å². The van der Waals surface area contributed by atoms with Crippen molar-refractivity contribution in [3.05, 3.63) is 29.8 Å². The maximum absolute atomic E-state index is 9.54. The van der Waals surface area contributed by atoms with Crippen LogP contribution >= 0.6 is 23.2 Å². The van der Waals surface area contributed by atoms with E-state index in [4.69, 9.17) is 32.7 Å². The van der Waals surface area contributed by atoms with Crippen molar-refractivity contribution in [2.45, 2.75) is 10.9 Å². The second kappa shape index (κ2) is 6.18. The number of hydrogen-bond acceptors (Lipinski definition) is 3. The van der Waals surface area contributed by atoms with Crippen molar-refractivity contribution in [2.24, 2.45) is 0 Å². The average molecular weight is 251 g/mol. The Bertz CT molecular complexity index is 287. The van der Waals surface area contributed by atoms with Gasteiger partial charge in [0.05, 0.1) is 0 Å². The summed E-state index contributed by atoms with van der Waals surface area (Å²) < 4.78 is 9.93. The lowest BCUT2D eigenvalue weighted by Gasteiger charge is -2.12. The normalized spacial score (nSPS) is 12.9. The summed E-state index contributed by atoms with van der Waals surface area (Å²) in [5.74, 6) is 0.661. The smallest absolute Gasteiger partial charge is 0.188 e. The van der Waals surface area contributed by atoms with E-state index in [1.807, 2.05) is 0 Å². The molecule has 1 rings (SSSR count). The molecular formula is C10H12Cl2O3. The van der Waals surface area contributed by atoms with Gasteiger partial charge in [0.2, 0.25) is 0 Å². The zero-order valence-electron chi connectivity index (χ0n) is 8.19. The van der Waals surface area contributed by atoms with E-state index in [1.165, 1.54) is 0 Å². The number of alkyl halides is 2. The molecule has 1 aromatic carbocycles. The minimum Gasteiger partial charge on any atom is -0.468 e.